The van der Waals surface area contributed by atoms with E-state index < -0.39 is 23.3 Å². The van der Waals surface area contributed by atoms with Gasteiger partial charge in [-0.25, -0.2) is 4.79 Å². The molecule has 0 aliphatic heterocycles. The third-order valence-electron chi connectivity index (χ3n) is 9.02. The van der Waals surface area contributed by atoms with Crippen LogP contribution in [-0.4, -0.2) is 30.4 Å². The van der Waals surface area contributed by atoms with Gasteiger partial charge in [-0.3, -0.25) is 9.83 Å². The molecule has 0 saturated heterocycles. The first-order chi connectivity index (χ1) is 16.4. The van der Waals surface area contributed by atoms with Gasteiger partial charge in [0.25, 0.3) is 0 Å². The second kappa shape index (κ2) is 10.1. The monoisotopic (exact) mass is 519 g/mol. The first kappa shape index (κ1) is 27.1. The summed E-state index contributed by atoms with van der Waals surface area (Å²) in [5.74, 6) is -0.432. The lowest BCUT2D eigenvalue weighted by molar-refractivity contribution is -0.777. The van der Waals surface area contributed by atoms with E-state index in [1.165, 1.54) is 0 Å². The van der Waals surface area contributed by atoms with Crippen LogP contribution in [0.1, 0.15) is 85.0 Å². The zero-order chi connectivity index (χ0) is 25.5. The van der Waals surface area contributed by atoms with Gasteiger partial charge in [0.15, 0.2) is 0 Å². The number of carbonyl (C=O) groups excluding carboxylic acids is 2. The van der Waals surface area contributed by atoms with Crippen molar-refractivity contribution >= 4 is 24.0 Å². The molecule has 0 spiro atoms. The number of hydrogen-bond donors (Lipinski definition) is 0. The molecular formula is C25H37F2O7S-. The average molecular weight is 520 g/mol. The van der Waals surface area contributed by atoms with Crippen LogP contribution >= 0.6 is 12.0 Å². The van der Waals surface area contributed by atoms with Crippen LogP contribution < -0.4 is 5.26 Å². The molecule has 0 amide bonds. The van der Waals surface area contributed by atoms with Crippen molar-refractivity contribution in [3.8, 4) is 0 Å². The highest BCUT2D eigenvalue weighted by atomic mass is 32.2. The summed E-state index contributed by atoms with van der Waals surface area (Å²) in [5.41, 5.74) is -0.301. The lowest BCUT2D eigenvalue weighted by Crippen LogP contribution is -2.55. The molecule has 5 fully saturated rings. The van der Waals surface area contributed by atoms with E-state index in [1.54, 1.807) is 0 Å². The molecule has 5 rings (SSSR count). The van der Waals surface area contributed by atoms with E-state index in [0.29, 0.717) is 30.8 Å². The Morgan fingerprint density at radius 1 is 0.943 bits per heavy atom. The van der Waals surface area contributed by atoms with E-state index in [0.717, 1.165) is 57.8 Å². The van der Waals surface area contributed by atoms with Crippen LogP contribution in [0, 0.1) is 39.9 Å². The van der Waals surface area contributed by atoms with Crippen molar-refractivity contribution in [1.82, 2.24) is 0 Å². The van der Waals surface area contributed by atoms with Gasteiger partial charge in [-0.2, -0.15) is 13.1 Å². The van der Waals surface area contributed by atoms with Crippen LogP contribution in [0.4, 0.5) is 8.78 Å². The topological polar surface area (TPSA) is 94.1 Å². The van der Waals surface area contributed by atoms with E-state index >= 15 is 0 Å². The standard InChI is InChI=1S/C25H38F2O7S/c1-22(2,3)19-6-4-18(5-7-19)20(28)31-14-23-9-16-8-17(10-23)12-24(11-16,13-23)15-32-21(29)25(26,27)35-34-33-30/h16-19,30H,4-15H2,1-3H3/p-1. The van der Waals surface area contributed by atoms with Gasteiger partial charge in [0.05, 0.1) is 19.1 Å². The fraction of sp³-hybridized carbons (Fsp3) is 0.920. The SMILES string of the molecule is CC(C)(C)C1CCC(C(=O)OCC23CC4CC(C2)CC(COC(=O)C(F)(F)SOO[O-])(C4)C3)CC1. The van der Waals surface area contributed by atoms with Crippen molar-refractivity contribution in [2.75, 3.05) is 13.2 Å². The van der Waals surface area contributed by atoms with Crippen LogP contribution in [0.3, 0.4) is 0 Å². The van der Waals surface area contributed by atoms with Gasteiger partial charge in [0, 0.05) is 10.8 Å². The summed E-state index contributed by atoms with van der Waals surface area (Å²) in [6, 6.07) is 0. The van der Waals surface area contributed by atoms with Gasteiger partial charge >= 0.3 is 17.2 Å². The Labute approximate surface area is 210 Å². The number of rotatable bonds is 9. The molecule has 200 valence electrons. The van der Waals surface area contributed by atoms with E-state index in [1.807, 2.05) is 0 Å². The first-order valence-corrected chi connectivity index (χ1v) is 13.5. The minimum Gasteiger partial charge on any atom is -0.691 e. The molecule has 2 unspecified atom stereocenters. The molecule has 0 aromatic heterocycles. The maximum atomic E-state index is 13.8. The van der Waals surface area contributed by atoms with Crippen LogP contribution in [0.2, 0.25) is 0 Å². The van der Waals surface area contributed by atoms with Crippen LogP contribution in [-0.2, 0) is 28.4 Å². The van der Waals surface area contributed by atoms with Gasteiger partial charge in [-0.05, 0) is 87.4 Å². The Bertz CT molecular complexity index is 777. The number of carbonyl (C=O) groups is 2. The van der Waals surface area contributed by atoms with E-state index in [4.69, 9.17) is 9.47 Å². The number of alkyl halides is 2. The predicted octanol–water partition coefficient (Wildman–Crippen LogP) is 4.98. The largest absolute Gasteiger partial charge is 0.691 e. The summed E-state index contributed by atoms with van der Waals surface area (Å²) in [6.45, 7) is 7.01. The molecule has 5 aliphatic carbocycles. The van der Waals surface area contributed by atoms with Gasteiger partial charge in [-0.1, -0.05) is 20.8 Å². The Hall–Kier alpha value is -0.970. The second-order valence-electron chi connectivity index (χ2n) is 12.8. The minimum atomic E-state index is -4.04. The highest BCUT2D eigenvalue weighted by molar-refractivity contribution is 7.96. The van der Waals surface area contributed by atoms with Gasteiger partial charge in [-0.15, -0.1) is 0 Å². The molecule has 2 atom stereocenters. The Morgan fingerprint density at radius 3 is 2.00 bits per heavy atom. The number of esters is 2. The molecule has 0 heterocycles. The summed E-state index contributed by atoms with van der Waals surface area (Å²) in [4.78, 5) is 24.8. The predicted molar refractivity (Wildman–Crippen MR) is 121 cm³/mol. The van der Waals surface area contributed by atoms with E-state index in [2.05, 4.69) is 30.1 Å². The molecule has 5 saturated carbocycles. The molecular weight excluding hydrogens is 482 g/mol. The van der Waals surface area contributed by atoms with E-state index in [9.17, 15) is 23.6 Å². The van der Waals surface area contributed by atoms with Crippen LogP contribution in [0.25, 0.3) is 0 Å². The van der Waals surface area contributed by atoms with Gasteiger partial charge < -0.3 is 14.7 Å². The van der Waals surface area contributed by atoms with Crippen molar-refractivity contribution in [3.63, 3.8) is 0 Å². The lowest BCUT2D eigenvalue weighted by atomic mass is 9.44. The fourth-order valence-corrected chi connectivity index (χ4v) is 8.16. The fourth-order valence-electron chi connectivity index (χ4n) is 7.92. The van der Waals surface area contributed by atoms with Gasteiger partial charge in [0.2, 0.25) is 0 Å². The molecule has 35 heavy (non-hydrogen) atoms. The summed E-state index contributed by atoms with van der Waals surface area (Å²) >= 11 is -0.671. The van der Waals surface area contributed by atoms with Crippen LogP contribution in [0.5, 0.6) is 0 Å². The van der Waals surface area contributed by atoms with Crippen molar-refractivity contribution in [3.05, 3.63) is 0 Å². The van der Waals surface area contributed by atoms with Crippen molar-refractivity contribution in [1.29, 1.82) is 0 Å². The first-order valence-electron chi connectivity index (χ1n) is 12.7. The number of hydrogen-bond acceptors (Lipinski definition) is 8. The van der Waals surface area contributed by atoms with E-state index in [-0.39, 0.29) is 34.7 Å². The third kappa shape index (κ3) is 6.13. The molecule has 0 N–H and O–H groups in total. The lowest BCUT2D eigenvalue weighted by Gasteiger charge is -2.61. The Morgan fingerprint density at radius 2 is 1.49 bits per heavy atom. The summed E-state index contributed by atoms with van der Waals surface area (Å²) in [5, 5.41) is 8.70. The van der Waals surface area contributed by atoms with Crippen molar-refractivity contribution in [2.24, 2.45) is 39.9 Å². The second-order valence-corrected chi connectivity index (χ2v) is 13.6. The summed E-state index contributed by atoms with van der Waals surface area (Å²) in [6.07, 6.45) is 9.17. The highest BCUT2D eigenvalue weighted by Gasteiger charge is 2.59. The summed E-state index contributed by atoms with van der Waals surface area (Å²) in [7, 11) is 0. The molecule has 10 heteroatoms. The molecule has 4 bridgehead atoms. The molecule has 0 aromatic carbocycles. The molecule has 7 nitrogen and oxygen atoms in total. The summed E-state index contributed by atoms with van der Waals surface area (Å²) < 4.78 is 42.2. The third-order valence-corrected chi connectivity index (χ3v) is 9.52. The molecule has 5 aliphatic rings. The quantitative estimate of drug-likeness (QED) is 0.182. The van der Waals surface area contributed by atoms with Crippen molar-refractivity contribution < 1.29 is 42.5 Å². The number of halogens is 2. The zero-order valence-corrected chi connectivity index (χ0v) is 21.6. The highest BCUT2D eigenvalue weighted by Crippen LogP contribution is 2.65. The Balaban J connectivity index is 1.32. The Kier molecular flexibility index (Phi) is 7.78. The average Bonchev–Trinajstić information content (AvgIpc) is 2.78. The molecule has 0 radical (unpaired) electrons. The zero-order valence-electron chi connectivity index (χ0n) is 20.8. The normalized spacial score (nSPS) is 36.7. The smallest absolute Gasteiger partial charge is 0.415 e. The van der Waals surface area contributed by atoms with Gasteiger partial charge in [0.1, 0.15) is 12.0 Å². The maximum Gasteiger partial charge on any atom is 0.415 e. The molecule has 0 aromatic rings. The number of ether oxygens (including phenoxy) is 2. The van der Waals surface area contributed by atoms with Crippen molar-refractivity contribution in [2.45, 2.75) is 90.2 Å². The maximum absolute atomic E-state index is 13.8. The van der Waals surface area contributed by atoms with Crippen LogP contribution in [0.15, 0.2) is 0 Å². The minimum absolute atomic E-state index is 0.0440.